The highest BCUT2D eigenvalue weighted by Gasteiger charge is 2.10. The summed E-state index contributed by atoms with van der Waals surface area (Å²) in [6, 6.07) is 0. The summed E-state index contributed by atoms with van der Waals surface area (Å²) in [6.07, 6.45) is 2.10. The lowest BCUT2D eigenvalue weighted by molar-refractivity contribution is 0.967. The summed E-state index contributed by atoms with van der Waals surface area (Å²) >= 11 is 8.33. The largest absolute Gasteiger partial charge is 0.312 e. The van der Waals surface area contributed by atoms with Gasteiger partial charge in [0.1, 0.15) is 15.9 Å². The fraction of sp³-hybridized carbons (Fsp3) is 0.250. The van der Waals surface area contributed by atoms with Gasteiger partial charge in [0.2, 0.25) is 0 Å². The first kappa shape index (κ1) is 11.6. The Bertz CT molecular complexity index is 553. The molecule has 0 radical (unpaired) electrons. The van der Waals surface area contributed by atoms with Crippen LogP contribution < -0.4 is 5.56 Å². The third-order valence-corrected chi connectivity index (χ3v) is 3.97. The van der Waals surface area contributed by atoms with E-state index in [1.807, 2.05) is 6.92 Å². The Balaban J connectivity index is 2.27. The summed E-state index contributed by atoms with van der Waals surface area (Å²) in [4.78, 5) is 21.9. The van der Waals surface area contributed by atoms with Crippen molar-refractivity contribution in [1.29, 1.82) is 0 Å². The molecule has 2 aromatic rings. The SMILES string of the molecule is CCc1nsc(Sc2nc[nH]c(=O)c2Cl)n1. The molecule has 0 bridgehead atoms. The molecular formula is C8H7ClN4OS2. The predicted octanol–water partition coefficient (Wildman–Crippen LogP) is 1.99. The summed E-state index contributed by atoms with van der Waals surface area (Å²) < 4.78 is 4.87. The molecule has 0 saturated carbocycles. The van der Waals surface area contributed by atoms with Crippen LogP contribution in [0, 0.1) is 0 Å². The van der Waals surface area contributed by atoms with Gasteiger partial charge in [0.25, 0.3) is 5.56 Å². The molecule has 0 aliphatic heterocycles. The molecule has 0 aliphatic carbocycles. The molecule has 0 spiro atoms. The standard InChI is InChI=1S/C8H7ClN4OS2/c1-2-4-12-8(16-13-4)15-7-5(9)6(14)10-3-11-7/h3H,2H2,1H3,(H,10,11,14). The van der Waals surface area contributed by atoms with Gasteiger partial charge < -0.3 is 4.98 Å². The van der Waals surface area contributed by atoms with E-state index in [0.717, 1.165) is 16.6 Å². The summed E-state index contributed by atoms with van der Waals surface area (Å²) in [5.41, 5.74) is -0.348. The number of nitrogens with one attached hydrogen (secondary N) is 1. The molecule has 0 aromatic carbocycles. The monoisotopic (exact) mass is 274 g/mol. The summed E-state index contributed by atoms with van der Waals surface area (Å²) in [5, 5.41) is 0.532. The van der Waals surface area contributed by atoms with Crippen molar-refractivity contribution in [3.63, 3.8) is 0 Å². The number of aryl methyl sites for hydroxylation is 1. The zero-order chi connectivity index (χ0) is 11.5. The molecule has 5 nitrogen and oxygen atoms in total. The van der Waals surface area contributed by atoms with E-state index in [2.05, 4.69) is 19.3 Å². The van der Waals surface area contributed by atoms with Crippen molar-refractivity contribution in [1.82, 2.24) is 19.3 Å². The van der Waals surface area contributed by atoms with Gasteiger partial charge in [-0.2, -0.15) is 4.37 Å². The number of hydrogen-bond donors (Lipinski definition) is 1. The lowest BCUT2D eigenvalue weighted by Crippen LogP contribution is -2.07. The molecule has 1 N–H and O–H groups in total. The van der Waals surface area contributed by atoms with Crippen LogP contribution >= 0.6 is 34.9 Å². The van der Waals surface area contributed by atoms with Gasteiger partial charge in [0.15, 0.2) is 4.34 Å². The van der Waals surface area contributed by atoms with Gasteiger partial charge in [0, 0.05) is 6.42 Å². The zero-order valence-corrected chi connectivity index (χ0v) is 10.6. The highest BCUT2D eigenvalue weighted by atomic mass is 35.5. The Labute approximate surface area is 104 Å². The molecule has 0 aliphatic rings. The zero-order valence-electron chi connectivity index (χ0n) is 8.23. The smallest absolute Gasteiger partial charge is 0.270 e. The first-order valence-electron chi connectivity index (χ1n) is 4.44. The van der Waals surface area contributed by atoms with Gasteiger partial charge in [0.05, 0.1) is 6.33 Å². The van der Waals surface area contributed by atoms with Crippen molar-refractivity contribution in [3.8, 4) is 0 Å². The molecule has 2 rings (SSSR count). The van der Waals surface area contributed by atoms with Crippen molar-refractivity contribution in [3.05, 3.63) is 27.5 Å². The minimum absolute atomic E-state index is 0.0840. The van der Waals surface area contributed by atoms with E-state index >= 15 is 0 Å². The first-order chi connectivity index (χ1) is 7.70. The van der Waals surface area contributed by atoms with Crippen molar-refractivity contribution in [2.45, 2.75) is 22.7 Å². The van der Waals surface area contributed by atoms with Crippen molar-refractivity contribution < 1.29 is 0 Å². The summed E-state index contributed by atoms with van der Waals surface area (Å²) in [5.74, 6) is 0.786. The number of hydrogen-bond acceptors (Lipinski definition) is 6. The second-order valence-corrected chi connectivity index (χ2v) is 5.15. The van der Waals surface area contributed by atoms with Crippen LogP contribution in [-0.2, 0) is 6.42 Å². The molecule has 0 saturated heterocycles. The normalized spacial score (nSPS) is 10.6. The van der Waals surface area contributed by atoms with E-state index < -0.39 is 0 Å². The highest BCUT2D eigenvalue weighted by molar-refractivity contribution is 8.01. The lowest BCUT2D eigenvalue weighted by Gasteiger charge is -1.96. The summed E-state index contributed by atoms with van der Waals surface area (Å²) in [7, 11) is 0. The van der Waals surface area contributed by atoms with Crippen LogP contribution in [0.5, 0.6) is 0 Å². The number of aromatic nitrogens is 4. The Morgan fingerprint density at radius 3 is 3.12 bits per heavy atom. The van der Waals surface area contributed by atoms with Crippen LogP contribution in [0.25, 0.3) is 0 Å². The van der Waals surface area contributed by atoms with Gasteiger partial charge in [-0.05, 0) is 23.3 Å². The molecule has 2 aromatic heterocycles. The van der Waals surface area contributed by atoms with E-state index in [4.69, 9.17) is 11.6 Å². The van der Waals surface area contributed by atoms with Crippen molar-refractivity contribution in [2.24, 2.45) is 0 Å². The van der Waals surface area contributed by atoms with Crippen LogP contribution in [0.3, 0.4) is 0 Å². The van der Waals surface area contributed by atoms with E-state index in [9.17, 15) is 4.79 Å². The van der Waals surface area contributed by atoms with E-state index in [1.165, 1.54) is 29.6 Å². The Hall–Kier alpha value is -0.920. The molecule has 0 amide bonds. The molecule has 8 heteroatoms. The second kappa shape index (κ2) is 4.94. The number of aromatic amines is 1. The number of H-pyrrole nitrogens is 1. The maximum Gasteiger partial charge on any atom is 0.270 e. The number of rotatable bonds is 3. The number of nitrogens with zero attached hydrogens (tertiary/aromatic N) is 3. The fourth-order valence-corrected chi connectivity index (χ4v) is 2.76. The lowest BCUT2D eigenvalue weighted by atomic mass is 10.5. The third-order valence-electron chi connectivity index (χ3n) is 1.71. The van der Waals surface area contributed by atoms with E-state index in [0.29, 0.717) is 5.03 Å². The molecule has 16 heavy (non-hydrogen) atoms. The molecule has 84 valence electrons. The minimum Gasteiger partial charge on any atom is -0.312 e. The van der Waals surface area contributed by atoms with Crippen LogP contribution in [0.4, 0.5) is 0 Å². The van der Waals surface area contributed by atoms with Gasteiger partial charge in [-0.3, -0.25) is 4.79 Å². The fourth-order valence-electron chi connectivity index (χ4n) is 0.944. The Morgan fingerprint density at radius 2 is 2.44 bits per heavy atom. The topological polar surface area (TPSA) is 71.5 Å². The molecule has 0 atom stereocenters. The Kier molecular flexibility index (Phi) is 3.57. The Morgan fingerprint density at radius 1 is 1.62 bits per heavy atom. The molecule has 0 unspecified atom stereocenters. The van der Waals surface area contributed by atoms with Gasteiger partial charge >= 0.3 is 0 Å². The maximum atomic E-state index is 11.2. The highest BCUT2D eigenvalue weighted by Crippen LogP contribution is 2.30. The maximum absolute atomic E-state index is 11.2. The van der Waals surface area contributed by atoms with E-state index in [1.54, 1.807) is 0 Å². The van der Waals surface area contributed by atoms with E-state index in [-0.39, 0.29) is 10.6 Å². The summed E-state index contributed by atoms with van der Waals surface area (Å²) in [6.45, 7) is 1.98. The van der Waals surface area contributed by atoms with Gasteiger partial charge in [-0.15, -0.1) is 0 Å². The first-order valence-corrected chi connectivity index (χ1v) is 6.41. The number of halogens is 1. The van der Waals surface area contributed by atoms with Crippen LogP contribution in [-0.4, -0.2) is 19.3 Å². The quantitative estimate of drug-likeness (QED) is 0.867. The molecular weight excluding hydrogens is 268 g/mol. The van der Waals surface area contributed by atoms with Gasteiger partial charge in [-0.1, -0.05) is 18.5 Å². The molecule has 0 fully saturated rings. The minimum atomic E-state index is -0.348. The third kappa shape index (κ3) is 2.42. The van der Waals surface area contributed by atoms with Crippen molar-refractivity contribution in [2.75, 3.05) is 0 Å². The van der Waals surface area contributed by atoms with Crippen LogP contribution in [0.15, 0.2) is 20.5 Å². The van der Waals surface area contributed by atoms with Crippen LogP contribution in [0.2, 0.25) is 5.02 Å². The van der Waals surface area contributed by atoms with Crippen LogP contribution in [0.1, 0.15) is 12.7 Å². The van der Waals surface area contributed by atoms with Crippen molar-refractivity contribution >= 4 is 34.9 Å². The molecule has 2 heterocycles. The average molecular weight is 275 g/mol. The predicted molar refractivity (Wildman–Crippen MR) is 63.3 cm³/mol. The van der Waals surface area contributed by atoms with Gasteiger partial charge in [-0.25, -0.2) is 9.97 Å². The second-order valence-electron chi connectivity index (χ2n) is 2.78. The average Bonchev–Trinajstić information content (AvgIpc) is 2.73.